The number of hydrogen-bond donors (Lipinski definition) is 0. The van der Waals surface area contributed by atoms with Crippen LogP contribution < -0.4 is 4.74 Å². The average molecular weight is 295 g/mol. The van der Waals surface area contributed by atoms with Gasteiger partial charge in [-0.25, -0.2) is 0 Å². The molecule has 21 heavy (non-hydrogen) atoms. The Morgan fingerprint density at radius 2 is 1.38 bits per heavy atom. The Morgan fingerprint density at radius 1 is 0.810 bits per heavy atom. The van der Waals surface area contributed by atoms with Gasteiger partial charge in [0.1, 0.15) is 12.4 Å². The minimum atomic E-state index is 0.348. The van der Waals surface area contributed by atoms with Gasteiger partial charge < -0.3 is 18.9 Å². The number of ether oxygens (including phenoxy) is 4. The molecule has 1 aromatic rings. The summed E-state index contributed by atoms with van der Waals surface area (Å²) in [5.41, 5.74) is 8.05. The highest BCUT2D eigenvalue weighted by molar-refractivity contribution is 5.20. The van der Waals surface area contributed by atoms with Crippen molar-refractivity contribution < 1.29 is 18.9 Å². The number of para-hydroxylation sites is 1. The molecule has 0 amide bonds. The van der Waals surface area contributed by atoms with Crippen LogP contribution in [-0.2, 0) is 14.2 Å². The number of benzene rings is 1. The highest BCUT2D eigenvalue weighted by atomic mass is 16.6. The lowest BCUT2D eigenvalue weighted by Crippen LogP contribution is -2.13. The van der Waals surface area contributed by atoms with Gasteiger partial charge in [-0.1, -0.05) is 23.3 Å². The molecule has 0 aliphatic rings. The van der Waals surface area contributed by atoms with E-state index in [0.29, 0.717) is 52.8 Å². The molecule has 0 aliphatic carbocycles. The molecule has 0 spiro atoms. The molecule has 0 unspecified atom stereocenters. The Balaban J connectivity index is 1.77. The molecule has 0 aliphatic heterocycles. The Bertz CT molecular complexity index is 396. The van der Waals surface area contributed by atoms with Crippen LogP contribution in [0.15, 0.2) is 35.4 Å². The second kappa shape index (κ2) is 13.2. The summed E-state index contributed by atoms with van der Waals surface area (Å²) in [5, 5.41) is 3.35. The molecule has 0 saturated carbocycles. The van der Waals surface area contributed by atoms with Crippen LogP contribution in [0.4, 0.5) is 0 Å². The topological polar surface area (TPSA) is 85.7 Å². The van der Waals surface area contributed by atoms with Crippen molar-refractivity contribution in [3.63, 3.8) is 0 Å². The number of hydrogen-bond acceptors (Lipinski definition) is 5. The maximum atomic E-state index is 8.05. The van der Waals surface area contributed by atoms with Gasteiger partial charge in [-0.3, -0.25) is 0 Å². The van der Waals surface area contributed by atoms with Crippen LogP contribution >= 0.6 is 0 Å². The first-order valence-corrected chi connectivity index (χ1v) is 6.85. The van der Waals surface area contributed by atoms with Crippen LogP contribution in [-0.4, -0.2) is 52.8 Å². The van der Waals surface area contributed by atoms with Crippen molar-refractivity contribution in [2.75, 3.05) is 52.8 Å². The van der Waals surface area contributed by atoms with Crippen molar-refractivity contribution >= 4 is 0 Å². The van der Waals surface area contributed by atoms with Crippen LogP contribution in [0.25, 0.3) is 10.4 Å². The molecule has 0 radical (unpaired) electrons. The van der Waals surface area contributed by atoms with E-state index in [-0.39, 0.29) is 0 Å². The molecule has 116 valence electrons. The first-order valence-electron chi connectivity index (χ1n) is 6.85. The monoisotopic (exact) mass is 295 g/mol. The van der Waals surface area contributed by atoms with Gasteiger partial charge in [0, 0.05) is 11.5 Å². The average Bonchev–Trinajstić information content (AvgIpc) is 2.53. The second-order valence-corrected chi connectivity index (χ2v) is 3.95. The summed E-state index contributed by atoms with van der Waals surface area (Å²) in [6, 6.07) is 9.62. The summed E-state index contributed by atoms with van der Waals surface area (Å²) in [6.45, 7) is 3.84. The molecular formula is C14H21N3O4. The zero-order chi connectivity index (χ0) is 15.0. The summed E-state index contributed by atoms with van der Waals surface area (Å²) in [7, 11) is 0. The molecule has 0 atom stereocenters. The molecule has 0 aromatic heterocycles. The Morgan fingerprint density at radius 3 is 2.00 bits per heavy atom. The molecule has 7 heteroatoms. The Hall–Kier alpha value is -1.79. The maximum Gasteiger partial charge on any atom is 0.119 e. The van der Waals surface area contributed by atoms with Gasteiger partial charge >= 0.3 is 0 Å². The van der Waals surface area contributed by atoms with Crippen LogP contribution in [0.3, 0.4) is 0 Å². The molecule has 1 aromatic carbocycles. The second-order valence-electron chi connectivity index (χ2n) is 3.95. The van der Waals surface area contributed by atoms with Gasteiger partial charge in [0.05, 0.1) is 39.6 Å². The van der Waals surface area contributed by atoms with Crippen LogP contribution in [0.2, 0.25) is 0 Å². The van der Waals surface area contributed by atoms with E-state index < -0.39 is 0 Å². The van der Waals surface area contributed by atoms with Gasteiger partial charge in [-0.05, 0) is 17.7 Å². The molecule has 1 rings (SSSR count). The van der Waals surface area contributed by atoms with Gasteiger partial charge in [-0.15, -0.1) is 0 Å². The SMILES string of the molecule is [N-]=[N+]=NCCOCCOCCOCCOc1ccccc1. The quantitative estimate of drug-likeness (QED) is 0.242. The van der Waals surface area contributed by atoms with Gasteiger partial charge in [0.15, 0.2) is 0 Å². The van der Waals surface area contributed by atoms with Crippen molar-refractivity contribution in [2.45, 2.75) is 0 Å². The molecule has 0 bridgehead atoms. The molecule has 0 N–H and O–H groups in total. The third kappa shape index (κ3) is 10.6. The zero-order valence-electron chi connectivity index (χ0n) is 12.0. The first-order chi connectivity index (χ1) is 10.4. The third-order valence-electron chi connectivity index (χ3n) is 2.38. The number of nitrogens with zero attached hydrogens (tertiary/aromatic N) is 3. The lowest BCUT2D eigenvalue weighted by atomic mass is 10.3. The van der Waals surface area contributed by atoms with E-state index >= 15 is 0 Å². The van der Waals surface area contributed by atoms with Crippen molar-refractivity contribution in [1.82, 2.24) is 0 Å². The zero-order valence-corrected chi connectivity index (χ0v) is 12.0. The van der Waals surface area contributed by atoms with Crippen molar-refractivity contribution in [3.8, 4) is 5.75 Å². The largest absolute Gasteiger partial charge is 0.491 e. The highest BCUT2D eigenvalue weighted by Crippen LogP contribution is 2.07. The molecule has 0 saturated heterocycles. The maximum absolute atomic E-state index is 8.05. The summed E-state index contributed by atoms with van der Waals surface area (Å²) in [4.78, 5) is 2.62. The summed E-state index contributed by atoms with van der Waals surface area (Å²) < 4.78 is 21.3. The van der Waals surface area contributed by atoms with Gasteiger partial charge in [0.25, 0.3) is 0 Å². The fraction of sp³-hybridized carbons (Fsp3) is 0.571. The predicted octanol–water partition coefficient (Wildman–Crippen LogP) is 2.43. The van der Waals surface area contributed by atoms with Crippen molar-refractivity contribution in [3.05, 3.63) is 40.8 Å². The molecule has 0 fully saturated rings. The Labute approximate surface area is 124 Å². The van der Waals surface area contributed by atoms with E-state index in [0.717, 1.165) is 5.75 Å². The lowest BCUT2D eigenvalue weighted by Gasteiger charge is -2.07. The Kier molecular flexibility index (Phi) is 10.9. The van der Waals surface area contributed by atoms with Gasteiger partial charge in [-0.2, -0.15) is 0 Å². The summed E-state index contributed by atoms with van der Waals surface area (Å²) in [6.07, 6.45) is 0. The lowest BCUT2D eigenvalue weighted by molar-refractivity contribution is 0.0106. The van der Waals surface area contributed by atoms with E-state index in [2.05, 4.69) is 10.0 Å². The van der Waals surface area contributed by atoms with E-state index in [9.17, 15) is 0 Å². The fourth-order valence-corrected chi connectivity index (χ4v) is 1.43. The van der Waals surface area contributed by atoms with Crippen LogP contribution in [0.1, 0.15) is 0 Å². The fourth-order valence-electron chi connectivity index (χ4n) is 1.43. The van der Waals surface area contributed by atoms with E-state index in [1.54, 1.807) is 0 Å². The van der Waals surface area contributed by atoms with Crippen LogP contribution in [0, 0.1) is 0 Å². The number of rotatable bonds is 13. The number of azide groups is 1. The van der Waals surface area contributed by atoms with Crippen molar-refractivity contribution in [1.29, 1.82) is 0 Å². The molecule has 7 nitrogen and oxygen atoms in total. The van der Waals surface area contributed by atoms with Gasteiger partial charge in [0.2, 0.25) is 0 Å². The molecular weight excluding hydrogens is 274 g/mol. The summed E-state index contributed by atoms with van der Waals surface area (Å²) in [5.74, 6) is 0.843. The van der Waals surface area contributed by atoms with Crippen molar-refractivity contribution in [2.24, 2.45) is 5.11 Å². The minimum Gasteiger partial charge on any atom is -0.491 e. The smallest absolute Gasteiger partial charge is 0.119 e. The standard InChI is InChI=1S/C14H21N3O4/c15-17-16-6-7-18-8-9-19-10-11-20-12-13-21-14-4-2-1-3-5-14/h1-5H,6-13H2. The highest BCUT2D eigenvalue weighted by Gasteiger charge is 1.93. The minimum absolute atomic E-state index is 0.348. The van der Waals surface area contributed by atoms with E-state index in [1.165, 1.54) is 0 Å². The van der Waals surface area contributed by atoms with Crippen LogP contribution in [0.5, 0.6) is 5.75 Å². The first kappa shape index (κ1) is 17.3. The predicted molar refractivity (Wildman–Crippen MR) is 78.4 cm³/mol. The van der Waals surface area contributed by atoms with E-state index in [4.69, 9.17) is 24.5 Å². The van der Waals surface area contributed by atoms with E-state index in [1.807, 2.05) is 30.3 Å². The molecule has 0 heterocycles. The third-order valence-corrected chi connectivity index (χ3v) is 2.38. The normalized spacial score (nSPS) is 10.1. The summed E-state index contributed by atoms with van der Waals surface area (Å²) >= 11 is 0.